The van der Waals surface area contributed by atoms with Crippen LogP contribution in [0.4, 0.5) is 0 Å². The summed E-state index contributed by atoms with van der Waals surface area (Å²) in [6, 6.07) is 0.318. The van der Waals surface area contributed by atoms with Gasteiger partial charge in [-0.05, 0) is 36.7 Å². The van der Waals surface area contributed by atoms with Gasteiger partial charge in [-0.1, -0.05) is 0 Å². The number of hydrogen-bond donors (Lipinski definition) is 2. The van der Waals surface area contributed by atoms with Crippen LogP contribution in [0.15, 0.2) is 0 Å². The SMILES string of the molecule is C#CCC(CC1CCSCC1)NN. The van der Waals surface area contributed by atoms with E-state index >= 15 is 0 Å². The molecule has 0 spiro atoms. The predicted octanol–water partition coefficient (Wildman–Crippen LogP) is 1.37. The zero-order valence-corrected chi connectivity index (χ0v) is 8.78. The molecule has 0 amide bonds. The van der Waals surface area contributed by atoms with Gasteiger partial charge in [-0.3, -0.25) is 11.3 Å². The van der Waals surface area contributed by atoms with Crippen molar-refractivity contribution >= 4 is 11.8 Å². The third-order valence-electron chi connectivity index (χ3n) is 2.56. The molecule has 0 aromatic heterocycles. The first-order valence-corrected chi connectivity index (χ1v) is 5.99. The summed E-state index contributed by atoms with van der Waals surface area (Å²) in [4.78, 5) is 0. The van der Waals surface area contributed by atoms with Crippen LogP contribution in [0.25, 0.3) is 0 Å². The molecule has 1 saturated heterocycles. The maximum atomic E-state index is 5.43. The Kier molecular flexibility index (Phi) is 5.29. The van der Waals surface area contributed by atoms with Crippen molar-refractivity contribution in [2.75, 3.05) is 11.5 Å². The maximum Gasteiger partial charge on any atom is 0.0322 e. The quantitative estimate of drug-likeness (QED) is 0.407. The summed E-state index contributed by atoms with van der Waals surface area (Å²) in [6.45, 7) is 0. The number of thioether (sulfide) groups is 1. The molecule has 0 aromatic rings. The van der Waals surface area contributed by atoms with Crippen molar-refractivity contribution in [1.29, 1.82) is 0 Å². The van der Waals surface area contributed by atoms with Crippen molar-refractivity contribution in [3.05, 3.63) is 0 Å². The Labute approximate surface area is 85.0 Å². The van der Waals surface area contributed by atoms with Gasteiger partial charge < -0.3 is 0 Å². The van der Waals surface area contributed by atoms with Crippen LogP contribution in [0.1, 0.15) is 25.7 Å². The maximum absolute atomic E-state index is 5.43. The number of terminal acetylenes is 1. The Balaban J connectivity index is 2.23. The van der Waals surface area contributed by atoms with Crippen molar-refractivity contribution in [3.63, 3.8) is 0 Å². The van der Waals surface area contributed by atoms with Crippen molar-refractivity contribution in [3.8, 4) is 12.3 Å². The van der Waals surface area contributed by atoms with Crippen LogP contribution in [0.5, 0.6) is 0 Å². The van der Waals surface area contributed by atoms with E-state index in [0.717, 1.165) is 18.8 Å². The summed E-state index contributed by atoms with van der Waals surface area (Å²) < 4.78 is 0. The smallest absolute Gasteiger partial charge is 0.0322 e. The highest BCUT2D eigenvalue weighted by Gasteiger charge is 2.17. The van der Waals surface area contributed by atoms with Gasteiger partial charge in [0.25, 0.3) is 0 Å². The van der Waals surface area contributed by atoms with E-state index in [1.165, 1.54) is 24.3 Å². The minimum atomic E-state index is 0.318. The number of nitrogens with two attached hydrogens (primary N) is 1. The normalized spacial score (nSPS) is 20.9. The average molecular weight is 198 g/mol. The molecule has 74 valence electrons. The highest BCUT2D eigenvalue weighted by molar-refractivity contribution is 7.99. The van der Waals surface area contributed by atoms with E-state index in [1.54, 1.807) is 0 Å². The van der Waals surface area contributed by atoms with E-state index in [0.29, 0.717) is 6.04 Å². The fraction of sp³-hybridized carbons (Fsp3) is 0.800. The fourth-order valence-electron chi connectivity index (χ4n) is 1.74. The molecular formula is C10H18N2S. The average Bonchev–Trinajstić information content (AvgIpc) is 2.19. The molecule has 1 aliphatic rings. The van der Waals surface area contributed by atoms with Crippen LogP contribution in [-0.4, -0.2) is 17.5 Å². The molecule has 13 heavy (non-hydrogen) atoms. The van der Waals surface area contributed by atoms with Crippen molar-refractivity contribution in [2.45, 2.75) is 31.7 Å². The Morgan fingerprint density at radius 1 is 1.54 bits per heavy atom. The fourth-order valence-corrected chi connectivity index (χ4v) is 2.94. The Hall–Kier alpha value is -0.170. The van der Waals surface area contributed by atoms with Gasteiger partial charge in [0.2, 0.25) is 0 Å². The van der Waals surface area contributed by atoms with E-state index in [2.05, 4.69) is 23.1 Å². The van der Waals surface area contributed by atoms with E-state index < -0.39 is 0 Å². The molecule has 1 atom stereocenters. The molecule has 0 saturated carbocycles. The lowest BCUT2D eigenvalue weighted by Gasteiger charge is -2.24. The van der Waals surface area contributed by atoms with Gasteiger partial charge in [0.1, 0.15) is 0 Å². The predicted molar refractivity (Wildman–Crippen MR) is 59.2 cm³/mol. The molecule has 1 heterocycles. The first kappa shape index (κ1) is 10.9. The molecule has 2 nitrogen and oxygen atoms in total. The molecule has 1 aliphatic heterocycles. The van der Waals surface area contributed by atoms with E-state index in [9.17, 15) is 0 Å². The lowest BCUT2D eigenvalue weighted by atomic mass is 9.93. The second kappa shape index (κ2) is 6.31. The van der Waals surface area contributed by atoms with E-state index in [-0.39, 0.29) is 0 Å². The molecule has 3 heteroatoms. The van der Waals surface area contributed by atoms with Crippen molar-refractivity contribution in [1.82, 2.24) is 5.43 Å². The largest absolute Gasteiger partial charge is 0.271 e. The number of hydrogen-bond acceptors (Lipinski definition) is 3. The van der Waals surface area contributed by atoms with Crippen LogP contribution in [0.3, 0.4) is 0 Å². The summed E-state index contributed by atoms with van der Waals surface area (Å²) in [7, 11) is 0. The van der Waals surface area contributed by atoms with E-state index in [4.69, 9.17) is 12.3 Å². The van der Waals surface area contributed by atoms with Gasteiger partial charge in [-0.25, -0.2) is 0 Å². The summed E-state index contributed by atoms with van der Waals surface area (Å²) in [5, 5.41) is 0. The highest BCUT2D eigenvalue weighted by Crippen LogP contribution is 2.26. The zero-order chi connectivity index (χ0) is 9.52. The lowest BCUT2D eigenvalue weighted by molar-refractivity contribution is 0.371. The first-order chi connectivity index (χ1) is 6.36. The molecule has 0 aromatic carbocycles. The molecule has 1 fully saturated rings. The minimum absolute atomic E-state index is 0.318. The Bertz CT molecular complexity index is 170. The Morgan fingerprint density at radius 2 is 2.23 bits per heavy atom. The number of hydrazine groups is 1. The molecule has 0 radical (unpaired) electrons. The van der Waals surface area contributed by atoms with Gasteiger partial charge in [0, 0.05) is 12.5 Å². The van der Waals surface area contributed by atoms with Gasteiger partial charge >= 0.3 is 0 Å². The third-order valence-corrected chi connectivity index (χ3v) is 3.61. The Morgan fingerprint density at radius 3 is 2.77 bits per heavy atom. The van der Waals surface area contributed by atoms with Gasteiger partial charge in [-0.15, -0.1) is 12.3 Å². The van der Waals surface area contributed by atoms with Crippen molar-refractivity contribution in [2.24, 2.45) is 11.8 Å². The third kappa shape index (κ3) is 4.04. The van der Waals surface area contributed by atoms with Crippen LogP contribution >= 0.6 is 11.8 Å². The van der Waals surface area contributed by atoms with Crippen molar-refractivity contribution < 1.29 is 0 Å². The molecule has 3 N–H and O–H groups in total. The zero-order valence-electron chi connectivity index (χ0n) is 7.96. The summed E-state index contributed by atoms with van der Waals surface area (Å²) in [5.41, 5.74) is 2.80. The minimum Gasteiger partial charge on any atom is -0.271 e. The van der Waals surface area contributed by atoms with Crippen LogP contribution in [0.2, 0.25) is 0 Å². The second-order valence-electron chi connectivity index (χ2n) is 3.56. The monoisotopic (exact) mass is 198 g/mol. The van der Waals surface area contributed by atoms with Gasteiger partial charge in [0.05, 0.1) is 0 Å². The highest BCUT2D eigenvalue weighted by atomic mass is 32.2. The van der Waals surface area contributed by atoms with Gasteiger partial charge in [-0.2, -0.15) is 11.8 Å². The van der Waals surface area contributed by atoms with Gasteiger partial charge in [0.15, 0.2) is 0 Å². The standard InChI is InChI=1S/C10H18N2S/c1-2-3-10(12-11)8-9-4-6-13-7-5-9/h1,9-10,12H,3-8,11H2. The summed E-state index contributed by atoms with van der Waals surface area (Å²) in [5.74, 6) is 11.5. The molecule has 1 unspecified atom stereocenters. The lowest BCUT2D eigenvalue weighted by Crippen LogP contribution is -2.36. The summed E-state index contributed by atoms with van der Waals surface area (Å²) >= 11 is 2.05. The first-order valence-electron chi connectivity index (χ1n) is 4.84. The van der Waals surface area contributed by atoms with Crippen LogP contribution < -0.4 is 11.3 Å². The summed E-state index contributed by atoms with van der Waals surface area (Å²) in [6.07, 6.45) is 9.80. The molecular weight excluding hydrogens is 180 g/mol. The molecule has 0 aliphatic carbocycles. The molecule has 0 bridgehead atoms. The van der Waals surface area contributed by atoms with Crippen LogP contribution in [0, 0.1) is 18.3 Å². The number of rotatable bonds is 4. The second-order valence-corrected chi connectivity index (χ2v) is 4.79. The van der Waals surface area contributed by atoms with Crippen LogP contribution in [-0.2, 0) is 0 Å². The molecule has 1 rings (SSSR count). The van der Waals surface area contributed by atoms with E-state index in [1.807, 2.05) is 0 Å². The number of nitrogens with one attached hydrogen (secondary N) is 1. The topological polar surface area (TPSA) is 38.0 Å².